The highest BCUT2D eigenvalue weighted by atomic mass is 32.2. The third-order valence-corrected chi connectivity index (χ3v) is 6.42. The Hall–Kier alpha value is -1.64. The molecule has 0 saturated carbocycles. The zero-order valence-corrected chi connectivity index (χ0v) is 19.2. The summed E-state index contributed by atoms with van der Waals surface area (Å²) in [6.07, 6.45) is 3.56. The molecule has 0 aromatic heterocycles. The molecule has 0 unspecified atom stereocenters. The van der Waals surface area contributed by atoms with E-state index in [1.165, 1.54) is 25.8 Å². The van der Waals surface area contributed by atoms with Crippen molar-refractivity contribution < 1.29 is 8.42 Å². The zero-order valence-electron chi connectivity index (χ0n) is 18.4. The van der Waals surface area contributed by atoms with Crippen LogP contribution in [0.3, 0.4) is 0 Å². The third-order valence-electron chi connectivity index (χ3n) is 5.16. The van der Waals surface area contributed by atoms with E-state index in [9.17, 15) is 8.42 Å². The molecule has 164 valence electrons. The predicted octanol–water partition coefficient (Wildman–Crippen LogP) is 1.48. The van der Waals surface area contributed by atoms with E-state index in [1.54, 1.807) is 6.07 Å². The standard InChI is InChI=1S/C21H37N5O2S/c1-5-22-21(23-10-6-12-26-13-7-11-25(3)14-15-26)24-17-19-8-9-20(18(2)16-19)29(4,27)28/h8-9,16H,5-7,10-15,17H2,1-4H3,(H2,22,23,24). The van der Waals surface area contributed by atoms with E-state index in [-0.39, 0.29) is 0 Å². The minimum atomic E-state index is -3.19. The molecule has 1 fully saturated rings. The van der Waals surface area contributed by atoms with Crippen LogP contribution in [0.4, 0.5) is 0 Å². The number of rotatable bonds is 8. The fourth-order valence-corrected chi connectivity index (χ4v) is 4.53. The van der Waals surface area contributed by atoms with E-state index >= 15 is 0 Å². The molecule has 1 aliphatic heterocycles. The largest absolute Gasteiger partial charge is 0.357 e. The lowest BCUT2D eigenvalue weighted by molar-refractivity contribution is 0.274. The van der Waals surface area contributed by atoms with Gasteiger partial charge in [-0.2, -0.15) is 0 Å². The number of nitrogens with zero attached hydrogens (tertiary/aromatic N) is 3. The van der Waals surface area contributed by atoms with Crippen molar-refractivity contribution in [3.8, 4) is 0 Å². The minimum Gasteiger partial charge on any atom is -0.357 e. The maximum absolute atomic E-state index is 11.8. The molecular weight excluding hydrogens is 386 g/mol. The summed E-state index contributed by atoms with van der Waals surface area (Å²) in [5.74, 6) is 0.799. The highest BCUT2D eigenvalue weighted by Crippen LogP contribution is 2.17. The summed E-state index contributed by atoms with van der Waals surface area (Å²) in [5.41, 5.74) is 1.77. The monoisotopic (exact) mass is 423 g/mol. The first-order chi connectivity index (χ1) is 13.8. The molecule has 2 N–H and O–H groups in total. The Morgan fingerprint density at radius 3 is 2.66 bits per heavy atom. The van der Waals surface area contributed by atoms with Gasteiger partial charge in [0.2, 0.25) is 0 Å². The highest BCUT2D eigenvalue weighted by molar-refractivity contribution is 7.90. The number of nitrogens with one attached hydrogen (secondary N) is 2. The summed E-state index contributed by atoms with van der Waals surface area (Å²) in [7, 11) is -0.992. The van der Waals surface area contributed by atoms with Crippen LogP contribution in [-0.2, 0) is 16.4 Å². The smallest absolute Gasteiger partial charge is 0.191 e. The summed E-state index contributed by atoms with van der Waals surface area (Å²) in [5, 5.41) is 6.69. The van der Waals surface area contributed by atoms with Gasteiger partial charge < -0.3 is 20.4 Å². The lowest BCUT2D eigenvalue weighted by Crippen LogP contribution is -2.39. The van der Waals surface area contributed by atoms with Gasteiger partial charge in [-0.3, -0.25) is 0 Å². The first kappa shape index (κ1) is 23.6. The molecule has 29 heavy (non-hydrogen) atoms. The fraction of sp³-hybridized carbons (Fsp3) is 0.667. The van der Waals surface area contributed by atoms with E-state index in [0.29, 0.717) is 11.4 Å². The maximum atomic E-state index is 11.8. The summed E-state index contributed by atoms with van der Waals surface area (Å²) in [4.78, 5) is 9.98. The number of hydrogen-bond donors (Lipinski definition) is 2. The Kier molecular flexibility index (Phi) is 9.39. The van der Waals surface area contributed by atoms with Gasteiger partial charge in [0, 0.05) is 32.4 Å². The maximum Gasteiger partial charge on any atom is 0.191 e. The van der Waals surface area contributed by atoms with E-state index in [4.69, 9.17) is 0 Å². The Morgan fingerprint density at radius 1 is 1.17 bits per heavy atom. The molecule has 0 bridgehead atoms. The van der Waals surface area contributed by atoms with Gasteiger partial charge in [-0.05, 0) is 70.6 Å². The normalized spacial score (nSPS) is 17.2. The fourth-order valence-electron chi connectivity index (χ4n) is 3.57. The molecule has 7 nitrogen and oxygen atoms in total. The van der Waals surface area contributed by atoms with Crippen molar-refractivity contribution in [2.45, 2.75) is 38.1 Å². The molecule has 1 aromatic rings. The lowest BCUT2D eigenvalue weighted by Gasteiger charge is -2.20. The van der Waals surface area contributed by atoms with Crippen molar-refractivity contribution in [3.63, 3.8) is 0 Å². The number of guanidine groups is 1. The van der Waals surface area contributed by atoms with Gasteiger partial charge >= 0.3 is 0 Å². The number of benzene rings is 1. The number of sulfone groups is 1. The molecule has 1 aromatic carbocycles. The van der Waals surface area contributed by atoms with Crippen molar-refractivity contribution in [3.05, 3.63) is 29.3 Å². The summed E-state index contributed by atoms with van der Waals surface area (Å²) in [6.45, 7) is 11.8. The Morgan fingerprint density at radius 2 is 1.97 bits per heavy atom. The molecule has 0 amide bonds. The number of hydrogen-bond acceptors (Lipinski definition) is 5. The molecule has 0 radical (unpaired) electrons. The van der Waals surface area contributed by atoms with Gasteiger partial charge in [-0.25, -0.2) is 13.4 Å². The molecule has 1 heterocycles. The molecular formula is C21H37N5O2S. The quantitative estimate of drug-likeness (QED) is 0.375. The molecule has 0 aliphatic carbocycles. The number of aliphatic imine (C=N–C) groups is 1. The van der Waals surface area contributed by atoms with Crippen LogP contribution in [0.1, 0.15) is 30.9 Å². The van der Waals surface area contributed by atoms with Crippen molar-refractivity contribution in [2.24, 2.45) is 4.99 Å². The van der Waals surface area contributed by atoms with Crippen LogP contribution in [0, 0.1) is 6.92 Å². The van der Waals surface area contributed by atoms with Crippen LogP contribution < -0.4 is 10.6 Å². The lowest BCUT2D eigenvalue weighted by atomic mass is 10.1. The van der Waals surface area contributed by atoms with Crippen molar-refractivity contribution in [1.82, 2.24) is 20.4 Å². The second-order valence-electron chi connectivity index (χ2n) is 7.85. The SMILES string of the molecule is CCNC(=NCc1ccc(S(C)(=O)=O)c(C)c1)NCCCN1CCCN(C)CC1. The van der Waals surface area contributed by atoms with Crippen molar-refractivity contribution >= 4 is 15.8 Å². The number of aryl methyl sites for hydroxylation is 1. The molecule has 2 rings (SSSR count). The van der Waals surface area contributed by atoms with Crippen LogP contribution in [0.5, 0.6) is 0 Å². The topological polar surface area (TPSA) is 77.0 Å². The van der Waals surface area contributed by atoms with Gasteiger partial charge in [-0.15, -0.1) is 0 Å². The average Bonchev–Trinajstić information content (AvgIpc) is 2.86. The van der Waals surface area contributed by atoms with E-state index in [2.05, 4.69) is 39.4 Å². The van der Waals surface area contributed by atoms with Crippen LogP contribution in [0.2, 0.25) is 0 Å². The molecule has 8 heteroatoms. The van der Waals surface area contributed by atoms with Gasteiger partial charge in [0.1, 0.15) is 0 Å². The summed E-state index contributed by atoms with van der Waals surface area (Å²) < 4.78 is 23.5. The summed E-state index contributed by atoms with van der Waals surface area (Å²) >= 11 is 0. The van der Waals surface area contributed by atoms with E-state index in [0.717, 1.165) is 56.2 Å². The Labute approximate surface area is 176 Å². The van der Waals surface area contributed by atoms with Crippen LogP contribution in [-0.4, -0.2) is 83.3 Å². The van der Waals surface area contributed by atoms with Gasteiger partial charge in [0.25, 0.3) is 0 Å². The first-order valence-electron chi connectivity index (χ1n) is 10.5. The first-order valence-corrected chi connectivity index (χ1v) is 12.4. The highest BCUT2D eigenvalue weighted by Gasteiger charge is 2.12. The zero-order chi connectivity index (χ0) is 21.3. The second kappa shape index (κ2) is 11.5. The molecule has 1 aliphatic rings. The van der Waals surface area contributed by atoms with Crippen LogP contribution in [0.25, 0.3) is 0 Å². The van der Waals surface area contributed by atoms with Crippen molar-refractivity contribution in [2.75, 3.05) is 59.1 Å². The predicted molar refractivity (Wildman–Crippen MR) is 120 cm³/mol. The number of likely N-dealkylation sites (N-methyl/N-ethyl adjacent to an activating group) is 1. The average molecular weight is 424 g/mol. The summed E-state index contributed by atoms with van der Waals surface area (Å²) in [6, 6.07) is 5.42. The van der Waals surface area contributed by atoms with Crippen molar-refractivity contribution in [1.29, 1.82) is 0 Å². The van der Waals surface area contributed by atoms with Gasteiger partial charge in [0.05, 0.1) is 11.4 Å². The van der Waals surface area contributed by atoms with Crippen LogP contribution in [0.15, 0.2) is 28.1 Å². The molecule has 1 saturated heterocycles. The van der Waals surface area contributed by atoms with Crippen LogP contribution >= 0.6 is 0 Å². The Bertz CT molecular complexity index is 779. The van der Waals surface area contributed by atoms with Gasteiger partial charge in [-0.1, -0.05) is 12.1 Å². The van der Waals surface area contributed by atoms with E-state index < -0.39 is 9.84 Å². The van der Waals surface area contributed by atoms with Gasteiger partial charge in [0.15, 0.2) is 15.8 Å². The molecule has 0 spiro atoms. The third kappa shape index (κ3) is 8.32. The second-order valence-corrected chi connectivity index (χ2v) is 9.83. The Balaban J connectivity index is 1.84. The molecule has 0 atom stereocenters. The minimum absolute atomic E-state index is 0.384. The van der Waals surface area contributed by atoms with E-state index in [1.807, 2.05) is 19.1 Å².